The number of aromatic nitrogens is 3. The molecule has 0 aliphatic carbocycles. The third kappa shape index (κ3) is 6.86. The van der Waals surface area contributed by atoms with Crippen molar-refractivity contribution in [3.8, 4) is 28.6 Å². The molecule has 0 radical (unpaired) electrons. The van der Waals surface area contributed by atoms with E-state index < -0.39 is 0 Å². The summed E-state index contributed by atoms with van der Waals surface area (Å²) in [7, 11) is 3.25. The molecule has 4 aromatic rings. The molecule has 0 bridgehead atoms. The van der Waals surface area contributed by atoms with Crippen molar-refractivity contribution in [1.29, 1.82) is 0 Å². The lowest BCUT2D eigenvalue weighted by Gasteiger charge is -2.11. The molecule has 0 atom stereocenters. The number of hydrazone groups is 1. The van der Waals surface area contributed by atoms with Crippen LogP contribution in [0.1, 0.15) is 12.5 Å². The van der Waals surface area contributed by atoms with Crippen LogP contribution in [-0.4, -0.2) is 46.9 Å². The van der Waals surface area contributed by atoms with E-state index in [0.29, 0.717) is 11.0 Å². The number of nitrogens with zero attached hydrogens (tertiary/aromatic N) is 4. The van der Waals surface area contributed by atoms with Crippen LogP contribution in [0.2, 0.25) is 0 Å². The van der Waals surface area contributed by atoms with Gasteiger partial charge in [0.1, 0.15) is 11.5 Å². The van der Waals surface area contributed by atoms with E-state index in [2.05, 4.69) is 20.7 Å². The quantitative estimate of drug-likeness (QED) is 0.177. The van der Waals surface area contributed by atoms with Crippen molar-refractivity contribution in [2.24, 2.45) is 5.10 Å². The fourth-order valence-corrected chi connectivity index (χ4v) is 4.22. The maximum atomic E-state index is 12.5. The third-order valence-electron chi connectivity index (χ3n) is 5.30. The number of hydrogen-bond donors (Lipinski definition) is 1. The van der Waals surface area contributed by atoms with Gasteiger partial charge in [-0.3, -0.25) is 9.36 Å². The number of thioether (sulfide) groups is 1. The monoisotopic (exact) mass is 513 g/mol. The van der Waals surface area contributed by atoms with Crippen molar-refractivity contribution >= 4 is 30.0 Å². The van der Waals surface area contributed by atoms with Crippen molar-refractivity contribution in [3.05, 3.63) is 90.0 Å². The first-order valence-electron chi connectivity index (χ1n) is 11.5. The van der Waals surface area contributed by atoms with Gasteiger partial charge in [0.25, 0.3) is 5.91 Å². The minimum Gasteiger partial charge on any atom is -0.497 e. The molecule has 1 amide bonds. The molecule has 3 aromatic carbocycles. The molecule has 9 heteroatoms. The van der Waals surface area contributed by atoms with Crippen LogP contribution in [0.3, 0.4) is 0 Å². The second kappa shape index (κ2) is 12.5. The molecule has 0 aliphatic heterocycles. The lowest BCUT2D eigenvalue weighted by Crippen LogP contribution is -2.20. The van der Waals surface area contributed by atoms with Crippen molar-refractivity contribution in [3.63, 3.8) is 0 Å². The Hall–Kier alpha value is -4.37. The van der Waals surface area contributed by atoms with Gasteiger partial charge in [-0.1, -0.05) is 48.2 Å². The molecule has 0 spiro atoms. The standard InChI is InChI=1S/C28H27N5O3S/c1-20(17-21-7-5-4-6-8-21)18-29-30-26(34)19-37-28-32-31-27(22-9-13-24(35-2)14-10-22)33(28)23-11-15-25(36-3)16-12-23/h4-18H,19H2,1-3H3,(H,30,34)/b20-17-,29-18-. The van der Waals surface area contributed by atoms with Crippen molar-refractivity contribution < 1.29 is 14.3 Å². The minimum atomic E-state index is -0.246. The fraction of sp³-hybridized carbons (Fsp3) is 0.143. The van der Waals surface area contributed by atoms with Crippen LogP contribution in [0.25, 0.3) is 23.2 Å². The van der Waals surface area contributed by atoms with Crippen LogP contribution in [0.15, 0.2) is 94.7 Å². The first kappa shape index (κ1) is 25.7. The molecule has 4 rings (SSSR count). The largest absolute Gasteiger partial charge is 0.497 e. The number of hydrogen-bond acceptors (Lipinski definition) is 7. The van der Waals surface area contributed by atoms with E-state index in [0.717, 1.165) is 33.9 Å². The van der Waals surface area contributed by atoms with E-state index in [1.165, 1.54) is 11.8 Å². The number of carbonyl (C=O) groups is 1. The van der Waals surface area contributed by atoms with Gasteiger partial charge in [0.15, 0.2) is 11.0 Å². The van der Waals surface area contributed by atoms with Crippen LogP contribution in [0.4, 0.5) is 0 Å². The van der Waals surface area contributed by atoms with Gasteiger partial charge in [-0.15, -0.1) is 10.2 Å². The summed E-state index contributed by atoms with van der Waals surface area (Å²) in [6.07, 6.45) is 3.61. The van der Waals surface area contributed by atoms with Gasteiger partial charge in [-0.05, 0) is 66.6 Å². The van der Waals surface area contributed by atoms with Gasteiger partial charge in [-0.25, -0.2) is 5.43 Å². The van der Waals surface area contributed by atoms with Crippen molar-refractivity contribution in [1.82, 2.24) is 20.2 Å². The highest BCUT2D eigenvalue weighted by molar-refractivity contribution is 7.99. The predicted octanol–water partition coefficient (Wildman–Crippen LogP) is 5.25. The highest BCUT2D eigenvalue weighted by Crippen LogP contribution is 2.29. The molecule has 0 aliphatic rings. The number of ether oxygens (including phenoxy) is 2. The van der Waals surface area contributed by atoms with Crippen LogP contribution < -0.4 is 14.9 Å². The van der Waals surface area contributed by atoms with Gasteiger partial charge < -0.3 is 9.47 Å². The van der Waals surface area contributed by atoms with Gasteiger partial charge >= 0.3 is 0 Å². The topological polar surface area (TPSA) is 90.6 Å². The third-order valence-corrected chi connectivity index (χ3v) is 6.22. The molecule has 1 aromatic heterocycles. The SMILES string of the molecule is COc1ccc(-c2nnc(SCC(=O)N/N=C\C(C)=C/c3ccccc3)n2-c2ccc(OC)cc2)cc1. The summed E-state index contributed by atoms with van der Waals surface area (Å²) >= 11 is 1.28. The summed E-state index contributed by atoms with van der Waals surface area (Å²) in [5.41, 5.74) is 6.28. The summed E-state index contributed by atoms with van der Waals surface area (Å²) in [6, 6.07) is 25.1. The van der Waals surface area contributed by atoms with Gasteiger partial charge in [0, 0.05) is 11.3 Å². The zero-order valence-corrected chi connectivity index (χ0v) is 21.6. The number of carbonyl (C=O) groups excluding carboxylic acids is 1. The summed E-state index contributed by atoms with van der Waals surface area (Å²) in [4.78, 5) is 12.5. The summed E-state index contributed by atoms with van der Waals surface area (Å²) in [6.45, 7) is 1.93. The average Bonchev–Trinajstić information content (AvgIpc) is 3.36. The van der Waals surface area contributed by atoms with Crippen LogP contribution >= 0.6 is 11.8 Å². The van der Waals surface area contributed by atoms with E-state index >= 15 is 0 Å². The highest BCUT2D eigenvalue weighted by atomic mass is 32.2. The highest BCUT2D eigenvalue weighted by Gasteiger charge is 2.17. The number of amides is 1. The summed E-state index contributed by atoms with van der Waals surface area (Å²) < 4.78 is 12.5. The molecule has 1 N–H and O–H groups in total. The Labute approximate surface area is 220 Å². The molecule has 0 unspecified atom stereocenters. The van der Waals surface area contributed by atoms with E-state index in [4.69, 9.17) is 9.47 Å². The van der Waals surface area contributed by atoms with Crippen molar-refractivity contribution in [2.75, 3.05) is 20.0 Å². The van der Waals surface area contributed by atoms with Gasteiger partial charge in [0.2, 0.25) is 0 Å². The van der Waals surface area contributed by atoms with Gasteiger partial charge in [0.05, 0.1) is 26.2 Å². The Morgan fingerprint density at radius 1 is 0.946 bits per heavy atom. The maximum absolute atomic E-state index is 12.5. The number of benzene rings is 3. The van der Waals surface area contributed by atoms with E-state index in [-0.39, 0.29) is 11.7 Å². The molecular formula is C28H27N5O3S. The molecule has 8 nitrogen and oxygen atoms in total. The first-order valence-corrected chi connectivity index (χ1v) is 12.5. The fourth-order valence-electron chi connectivity index (χ4n) is 3.47. The van der Waals surface area contributed by atoms with E-state index in [9.17, 15) is 4.79 Å². The lowest BCUT2D eigenvalue weighted by molar-refractivity contribution is -0.118. The van der Waals surface area contributed by atoms with Gasteiger partial charge in [-0.2, -0.15) is 5.10 Å². The number of allylic oxidation sites excluding steroid dienone is 1. The number of rotatable bonds is 10. The predicted molar refractivity (Wildman–Crippen MR) is 147 cm³/mol. The average molecular weight is 514 g/mol. The Bertz CT molecular complexity index is 1380. The Kier molecular flexibility index (Phi) is 8.72. The second-order valence-electron chi connectivity index (χ2n) is 7.95. The Morgan fingerprint density at radius 2 is 1.59 bits per heavy atom. The number of methoxy groups -OCH3 is 2. The Balaban J connectivity index is 1.48. The van der Waals surface area contributed by atoms with Crippen LogP contribution in [0.5, 0.6) is 11.5 Å². The smallest absolute Gasteiger partial charge is 0.250 e. The molecule has 1 heterocycles. The molecule has 0 fully saturated rings. The lowest BCUT2D eigenvalue weighted by atomic mass is 10.1. The molecule has 37 heavy (non-hydrogen) atoms. The second-order valence-corrected chi connectivity index (χ2v) is 8.89. The normalized spacial score (nSPS) is 11.5. The summed E-state index contributed by atoms with van der Waals surface area (Å²) in [5.74, 6) is 2.01. The molecule has 0 saturated heterocycles. The van der Waals surface area contributed by atoms with E-state index in [1.54, 1.807) is 20.4 Å². The van der Waals surface area contributed by atoms with Crippen LogP contribution in [0, 0.1) is 0 Å². The summed E-state index contributed by atoms with van der Waals surface area (Å²) in [5, 5.41) is 13.4. The van der Waals surface area contributed by atoms with E-state index in [1.807, 2.05) is 96.4 Å². The molecule has 188 valence electrons. The first-order chi connectivity index (χ1) is 18.1. The van der Waals surface area contributed by atoms with Crippen LogP contribution in [-0.2, 0) is 4.79 Å². The molecule has 0 saturated carbocycles. The number of nitrogens with one attached hydrogen (secondary N) is 1. The van der Waals surface area contributed by atoms with Crippen molar-refractivity contribution in [2.45, 2.75) is 12.1 Å². The zero-order chi connectivity index (χ0) is 26.0. The zero-order valence-electron chi connectivity index (χ0n) is 20.8. The molecular weight excluding hydrogens is 486 g/mol. The maximum Gasteiger partial charge on any atom is 0.250 e. The Morgan fingerprint density at radius 3 is 2.24 bits per heavy atom. The minimum absolute atomic E-state index is 0.121.